The Balaban J connectivity index is 1.64. The van der Waals surface area contributed by atoms with Gasteiger partial charge in [0.2, 0.25) is 0 Å². The van der Waals surface area contributed by atoms with Crippen molar-refractivity contribution >= 4 is 6.03 Å². The predicted octanol–water partition coefficient (Wildman–Crippen LogP) is 2.83. The predicted molar refractivity (Wildman–Crippen MR) is 91.9 cm³/mol. The number of carbonyl (C=O) groups is 1. The van der Waals surface area contributed by atoms with E-state index in [1.165, 1.54) is 0 Å². The monoisotopic (exact) mass is 328 g/mol. The van der Waals surface area contributed by atoms with Crippen molar-refractivity contribution in [1.29, 1.82) is 0 Å². The highest BCUT2D eigenvalue weighted by atomic mass is 16.5. The van der Waals surface area contributed by atoms with E-state index < -0.39 is 0 Å². The fraction of sp³-hybridized carbons (Fsp3) is 0.444. The summed E-state index contributed by atoms with van der Waals surface area (Å²) < 4.78 is 7.13. The Morgan fingerprint density at radius 1 is 1.46 bits per heavy atom. The van der Waals surface area contributed by atoms with Crippen molar-refractivity contribution in [3.8, 4) is 5.75 Å². The smallest absolute Gasteiger partial charge is 0.318 e. The number of rotatable bonds is 5. The first-order valence-corrected chi connectivity index (χ1v) is 8.36. The molecule has 2 atom stereocenters. The number of urea groups is 1. The van der Waals surface area contributed by atoms with Crippen LogP contribution in [-0.2, 0) is 6.54 Å². The van der Waals surface area contributed by atoms with Crippen molar-refractivity contribution in [2.45, 2.75) is 38.4 Å². The maximum Gasteiger partial charge on any atom is 0.318 e. The molecule has 2 heterocycles. The molecule has 1 aliphatic rings. The number of carbonyl (C=O) groups excluding carboxylic acids is 1. The number of likely N-dealkylation sites (tertiary alicyclic amines) is 1. The van der Waals surface area contributed by atoms with Gasteiger partial charge in [-0.1, -0.05) is 12.1 Å². The summed E-state index contributed by atoms with van der Waals surface area (Å²) in [5.41, 5.74) is 1.13. The third kappa shape index (κ3) is 3.69. The third-order valence-electron chi connectivity index (χ3n) is 4.38. The Kier molecular flexibility index (Phi) is 5.03. The van der Waals surface area contributed by atoms with Gasteiger partial charge in [-0.3, -0.25) is 4.68 Å². The summed E-state index contributed by atoms with van der Waals surface area (Å²) in [4.78, 5) is 14.6. The van der Waals surface area contributed by atoms with Crippen LogP contribution in [0.15, 0.2) is 42.7 Å². The molecule has 1 aromatic heterocycles. The van der Waals surface area contributed by atoms with Gasteiger partial charge in [-0.25, -0.2) is 4.79 Å². The zero-order valence-corrected chi connectivity index (χ0v) is 14.2. The van der Waals surface area contributed by atoms with Crippen molar-refractivity contribution < 1.29 is 9.53 Å². The van der Waals surface area contributed by atoms with E-state index in [9.17, 15) is 4.79 Å². The molecule has 1 aromatic carbocycles. The molecule has 24 heavy (non-hydrogen) atoms. The van der Waals surface area contributed by atoms with Gasteiger partial charge in [0.15, 0.2) is 0 Å². The summed E-state index contributed by atoms with van der Waals surface area (Å²) >= 11 is 0. The van der Waals surface area contributed by atoms with Gasteiger partial charge in [-0.15, -0.1) is 0 Å². The van der Waals surface area contributed by atoms with Crippen LogP contribution in [0.3, 0.4) is 0 Å². The first kappa shape index (κ1) is 16.4. The molecule has 0 bridgehead atoms. The van der Waals surface area contributed by atoms with Crippen molar-refractivity contribution in [2.75, 3.05) is 13.7 Å². The highest BCUT2D eigenvalue weighted by Gasteiger charge is 2.30. The molecule has 0 aliphatic carbocycles. The maximum atomic E-state index is 12.7. The average Bonchev–Trinajstić information content (AvgIpc) is 3.26. The maximum absolute atomic E-state index is 12.7. The normalized spacial score (nSPS) is 18.4. The van der Waals surface area contributed by atoms with E-state index in [0.717, 1.165) is 30.7 Å². The lowest BCUT2D eigenvalue weighted by atomic mass is 10.0. The molecule has 2 amide bonds. The van der Waals surface area contributed by atoms with Crippen molar-refractivity contribution in [3.63, 3.8) is 0 Å². The third-order valence-corrected chi connectivity index (χ3v) is 4.38. The minimum absolute atomic E-state index is 0.0139. The standard InChI is InChI=1S/C18H24N4O2/c1-14(13-21-10-5-9-19-21)20-18(23)22-11-4-8-17(22)15-6-3-7-16(12-15)24-2/h3,5-7,9-10,12,14,17H,4,8,11,13H2,1-2H3,(H,20,23)/t14-,17-/m0/s1. The molecule has 2 aromatic rings. The van der Waals surface area contributed by atoms with Crippen molar-refractivity contribution in [3.05, 3.63) is 48.3 Å². The van der Waals surface area contributed by atoms with Crippen molar-refractivity contribution in [1.82, 2.24) is 20.0 Å². The molecule has 1 saturated heterocycles. The quantitative estimate of drug-likeness (QED) is 0.918. The van der Waals surface area contributed by atoms with Gasteiger partial charge in [0.05, 0.1) is 19.7 Å². The van der Waals surface area contributed by atoms with E-state index in [2.05, 4.69) is 16.5 Å². The molecule has 1 aliphatic heterocycles. The summed E-state index contributed by atoms with van der Waals surface area (Å²) in [6.45, 7) is 3.44. The lowest BCUT2D eigenvalue weighted by Gasteiger charge is -2.27. The lowest BCUT2D eigenvalue weighted by Crippen LogP contribution is -2.44. The number of benzene rings is 1. The van der Waals surface area contributed by atoms with Crippen LogP contribution in [0, 0.1) is 0 Å². The molecule has 1 fully saturated rings. The van der Waals surface area contributed by atoms with Crippen LogP contribution >= 0.6 is 0 Å². The molecular formula is C18H24N4O2. The molecule has 0 spiro atoms. The van der Waals surface area contributed by atoms with Crippen LogP contribution in [0.1, 0.15) is 31.4 Å². The number of hydrogen-bond acceptors (Lipinski definition) is 3. The minimum Gasteiger partial charge on any atom is -0.497 e. The Hall–Kier alpha value is -2.50. The second-order valence-electron chi connectivity index (χ2n) is 6.21. The molecule has 0 radical (unpaired) electrons. The van der Waals surface area contributed by atoms with E-state index in [-0.39, 0.29) is 18.1 Å². The van der Waals surface area contributed by atoms with Crippen LogP contribution in [-0.4, -0.2) is 40.4 Å². The van der Waals surface area contributed by atoms with Gasteiger partial charge in [0.1, 0.15) is 5.75 Å². The van der Waals surface area contributed by atoms with E-state index in [1.54, 1.807) is 13.3 Å². The molecule has 0 saturated carbocycles. The highest BCUT2D eigenvalue weighted by molar-refractivity contribution is 5.75. The SMILES string of the molecule is COc1cccc([C@@H]2CCCN2C(=O)N[C@@H](C)Cn2cccn2)c1. The van der Waals surface area contributed by atoms with Gasteiger partial charge in [0, 0.05) is 25.0 Å². The Morgan fingerprint density at radius 2 is 2.33 bits per heavy atom. The number of aromatic nitrogens is 2. The van der Waals surface area contributed by atoms with Crippen LogP contribution in [0.2, 0.25) is 0 Å². The number of ether oxygens (including phenoxy) is 1. The first-order valence-electron chi connectivity index (χ1n) is 8.36. The molecule has 0 unspecified atom stereocenters. The number of nitrogens with one attached hydrogen (secondary N) is 1. The largest absolute Gasteiger partial charge is 0.497 e. The summed E-state index contributed by atoms with van der Waals surface area (Å²) in [5.74, 6) is 0.826. The number of amides is 2. The van der Waals surface area contributed by atoms with E-state index in [1.807, 2.05) is 47.0 Å². The Morgan fingerprint density at radius 3 is 3.08 bits per heavy atom. The van der Waals surface area contributed by atoms with Crippen LogP contribution in [0.25, 0.3) is 0 Å². The first-order chi connectivity index (χ1) is 11.7. The summed E-state index contributed by atoms with van der Waals surface area (Å²) in [6.07, 6.45) is 5.64. The van der Waals surface area contributed by atoms with Gasteiger partial charge >= 0.3 is 6.03 Å². The number of hydrogen-bond donors (Lipinski definition) is 1. The molecular weight excluding hydrogens is 304 g/mol. The average molecular weight is 328 g/mol. The fourth-order valence-electron chi connectivity index (χ4n) is 3.23. The van der Waals surface area contributed by atoms with E-state index in [0.29, 0.717) is 6.54 Å². The molecule has 1 N–H and O–H groups in total. The fourth-order valence-corrected chi connectivity index (χ4v) is 3.23. The minimum atomic E-state index is -0.0139. The molecule has 128 valence electrons. The molecule has 3 rings (SSSR count). The number of methoxy groups -OCH3 is 1. The van der Waals surface area contributed by atoms with Crippen LogP contribution in [0.5, 0.6) is 5.75 Å². The van der Waals surface area contributed by atoms with Crippen LogP contribution in [0.4, 0.5) is 4.79 Å². The van der Waals surface area contributed by atoms with Gasteiger partial charge in [0.25, 0.3) is 0 Å². The summed E-state index contributed by atoms with van der Waals surface area (Å²) in [7, 11) is 1.66. The van der Waals surface area contributed by atoms with Crippen LogP contribution < -0.4 is 10.1 Å². The van der Waals surface area contributed by atoms with Crippen molar-refractivity contribution in [2.24, 2.45) is 0 Å². The lowest BCUT2D eigenvalue weighted by molar-refractivity contribution is 0.188. The zero-order chi connectivity index (χ0) is 16.9. The zero-order valence-electron chi connectivity index (χ0n) is 14.2. The summed E-state index contributed by atoms with van der Waals surface area (Å²) in [6, 6.07) is 9.97. The van der Waals surface area contributed by atoms with E-state index in [4.69, 9.17) is 4.74 Å². The van der Waals surface area contributed by atoms with E-state index >= 15 is 0 Å². The summed E-state index contributed by atoms with van der Waals surface area (Å²) in [5, 5.41) is 7.26. The second-order valence-corrected chi connectivity index (χ2v) is 6.21. The topological polar surface area (TPSA) is 59.4 Å². The number of nitrogens with zero attached hydrogens (tertiary/aromatic N) is 3. The second kappa shape index (κ2) is 7.38. The van der Waals surface area contributed by atoms with Gasteiger partial charge in [-0.2, -0.15) is 5.10 Å². The Labute approximate surface area is 142 Å². The van der Waals surface area contributed by atoms with Gasteiger partial charge < -0.3 is 15.0 Å². The molecule has 6 nitrogen and oxygen atoms in total. The molecule has 6 heteroatoms. The highest BCUT2D eigenvalue weighted by Crippen LogP contribution is 2.33. The Bertz CT molecular complexity index is 671. The van der Waals surface area contributed by atoms with Gasteiger partial charge in [-0.05, 0) is 43.5 Å².